The van der Waals surface area contributed by atoms with Crippen molar-refractivity contribution in [1.29, 1.82) is 0 Å². The van der Waals surface area contributed by atoms with E-state index in [1.807, 2.05) is 23.4 Å². The second-order valence-electron chi connectivity index (χ2n) is 4.69. The van der Waals surface area contributed by atoms with Gasteiger partial charge in [-0.1, -0.05) is 6.92 Å². The molecule has 1 N–H and O–H groups in total. The van der Waals surface area contributed by atoms with Crippen LogP contribution in [0.5, 0.6) is 0 Å². The zero-order chi connectivity index (χ0) is 13.0. The first-order valence-electron chi connectivity index (χ1n) is 6.57. The monoisotopic (exact) mass is 251 g/mol. The minimum absolute atomic E-state index is 0.00301. The van der Waals surface area contributed by atoms with Crippen LogP contribution in [0.1, 0.15) is 25.6 Å². The Balaban J connectivity index is 1.89. The second-order valence-corrected chi connectivity index (χ2v) is 4.69. The Morgan fingerprint density at radius 2 is 2.39 bits per heavy atom. The summed E-state index contributed by atoms with van der Waals surface area (Å²) in [6.45, 7) is 4.46. The van der Waals surface area contributed by atoms with Crippen molar-refractivity contribution >= 4 is 5.91 Å². The number of carbonyl (C=O) groups excluding carboxylic acids is 1. The quantitative estimate of drug-likeness (QED) is 0.797. The SMILES string of the molecule is CCNC1CCCN(CCc2nncn2C)C1=O. The molecule has 2 heterocycles. The highest BCUT2D eigenvalue weighted by Crippen LogP contribution is 2.12. The number of aromatic nitrogens is 3. The van der Waals surface area contributed by atoms with Crippen molar-refractivity contribution < 1.29 is 4.79 Å². The van der Waals surface area contributed by atoms with E-state index in [0.717, 1.165) is 44.7 Å². The number of nitrogens with one attached hydrogen (secondary N) is 1. The zero-order valence-electron chi connectivity index (χ0n) is 11.1. The van der Waals surface area contributed by atoms with Crippen LogP contribution in [0.3, 0.4) is 0 Å². The first-order chi connectivity index (χ1) is 8.72. The lowest BCUT2D eigenvalue weighted by Crippen LogP contribution is -2.51. The van der Waals surface area contributed by atoms with Crippen molar-refractivity contribution in [3.8, 4) is 0 Å². The van der Waals surface area contributed by atoms with Crippen LogP contribution < -0.4 is 5.32 Å². The van der Waals surface area contributed by atoms with Gasteiger partial charge in [-0.25, -0.2) is 0 Å². The van der Waals surface area contributed by atoms with Gasteiger partial charge in [0.25, 0.3) is 0 Å². The van der Waals surface area contributed by atoms with E-state index in [0.29, 0.717) is 0 Å². The Kier molecular flexibility index (Phi) is 4.30. The Morgan fingerprint density at radius 3 is 3.06 bits per heavy atom. The fourth-order valence-electron chi connectivity index (χ4n) is 2.37. The lowest BCUT2D eigenvalue weighted by atomic mass is 10.0. The van der Waals surface area contributed by atoms with E-state index in [2.05, 4.69) is 15.5 Å². The Bertz CT molecular complexity index is 401. The number of nitrogens with zero attached hydrogens (tertiary/aromatic N) is 4. The summed E-state index contributed by atoms with van der Waals surface area (Å²) in [5.41, 5.74) is 0. The Hall–Kier alpha value is -1.43. The molecule has 6 heteroatoms. The Morgan fingerprint density at radius 1 is 1.56 bits per heavy atom. The lowest BCUT2D eigenvalue weighted by molar-refractivity contribution is -0.135. The summed E-state index contributed by atoms with van der Waals surface area (Å²) in [5.74, 6) is 1.15. The number of hydrogen-bond donors (Lipinski definition) is 1. The van der Waals surface area contributed by atoms with Crippen LogP contribution in [-0.2, 0) is 18.3 Å². The maximum absolute atomic E-state index is 12.2. The number of likely N-dealkylation sites (tertiary alicyclic amines) is 1. The average molecular weight is 251 g/mol. The molecular formula is C12H21N5O. The number of likely N-dealkylation sites (N-methyl/N-ethyl adjacent to an activating group) is 1. The zero-order valence-corrected chi connectivity index (χ0v) is 11.1. The second kappa shape index (κ2) is 5.95. The normalized spacial score (nSPS) is 20.4. The number of rotatable bonds is 5. The molecule has 0 spiro atoms. The van der Waals surface area contributed by atoms with Gasteiger partial charge in [-0.05, 0) is 19.4 Å². The molecular weight excluding hydrogens is 230 g/mol. The molecule has 0 aliphatic carbocycles. The molecule has 0 bridgehead atoms. The van der Waals surface area contributed by atoms with Gasteiger partial charge in [0.2, 0.25) is 5.91 Å². The standard InChI is InChI=1S/C12H21N5O/c1-3-13-10-5-4-7-17(12(10)18)8-6-11-15-14-9-16(11)2/h9-10,13H,3-8H2,1-2H3. The summed E-state index contributed by atoms with van der Waals surface area (Å²) >= 11 is 0. The van der Waals surface area contributed by atoms with Crippen LogP contribution in [0.2, 0.25) is 0 Å². The molecule has 0 radical (unpaired) electrons. The van der Waals surface area contributed by atoms with Crippen LogP contribution in [0.15, 0.2) is 6.33 Å². The van der Waals surface area contributed by atoms with Crippen molar-refractivity contribution in [2.75, 3.05) is 19.6 Å². The molecule has 0 aromatic carbocycles. The molecule has 1 amide bonds. The summed E-state index contributed by atoms with van der Waals surface area (Å²) in [7, 11) is 1.93. The summed E-state index contributed by atoms with van der Waals surface area (Å²) in [6, 6.07) is 0.00301. The molecule has 1 saturated heterocycles. The highest BCUT2D eigenvalue weighted by Gasteiger charge is 2.27. The largest absolute Gasteiger partial charge is 0.341 e. The van der Waals surface area contributed by atoms with Crippen LogP contribution in [0.25, 0.3) is 0 Å². The average Bonchev–Trinajstić information content (AvgIpc) is 2.76. The van der Waals surface area contributed by atoms with Gasteiger partial charge in [0.15, 0.2) is 0 Å². The van der Waals surface area contributed by atoms with Crippen molar-refractivity contribution in [2.45, 2.75) is 32.2 Å². The van der Waals surface area contributed by atoms with Crippen molar-refractivity contribution in [3.63, 3.8) is 0 Å². The third-order valence-corrected chi connectivity index (χ3v) is 3.39. The third-order valence-electron chi connectivity index (χ3n) is 3.39. The predicted molar refractivity (Wildman–Crippen MR) is 68.0 cm³/mol. The molecule has 6 nitrogen and oxygen atoms in total. The van der Waals surface area contributed by atoms with Crippen LogP contribution in [0, 0.1) is 0 Å². The van der Waals surface area contributed by atoms with E-state index in [4.69, 9.17) is 0 Å². The lowest BCUT2D eigenvalue weighted by Gasteiger charge is -2.32. The molecule has 2 rings (SSSR count). The van der Waals surface area contributed by atoms with Crippen LogP contribution >= 0.6 is 0 Å². The number of hydrogen-bond acceptors (Lipinski definition) is 4. The van der Waals surface area contributed by atoms with E-state index in [1.165, 1.54) is 0 Å². The molecule has 1 aromatic rings. The number of carbonyl (C=O) groups is 1. The summed E-state index contributed by atoms with van der Waals surface area (Å²) in [4.78, 5) is 14.1. The maximum Gasteiger partial charge on any atom is 0.239 e. The maximum atomic E-state index is 12.2. The minimum atomic E-state index is 0.00301. The molecule has 1 fully saturated rings. The Labute approximate surface area is 107 Å². The molecule has 1 aliphatic rings. The summed E-state index contributed by atoms with van der Waals surface area (Å²) < 4.78 is 1.90. The molecule has 1 aromatic heterocycles. The smallest absolute Gasteiger partial charge is 0.239 e. The van der Waals surface area contributed by atoms with Crippen LogP contribution in [-0.4, -0.2) is 51.2 Å². The van der Waals surface area contributed by atoms with Gasteiger partial charge in [0, 0.05) is 26.6 Å². The van der Waals surface area contributed by atoms with Gasteiger partial charge in [-0.2, -0.15) is 0 Å². The van der Waals surface area contributed by atoms with Crippen molar-refractivity contribution in [1.82, 2.24) is 25.0 Å². The summed E-state index contributed by atoms with van der Waals surface area (Å²) in [5, 5.41) is 11.1. The highest BCUT2D eigenvalue weighted by atomic mass is 16.2. The van der Waals surface area contributed by atoms with E-state index >= 15 is 0 Å². The molecule has 1 aliphatic heterocycles. The molecule has 1 unspecified atom stereocenters. The van der Waals surface area contributed by atoms with Crippen molar-refractivity contribution in [2.24, 2.45) is 7.05 Å². The fraction of sp³-hybridized carbons (Fsp3) is 0.750. The molecule has 0 saturated carbocycles. The van der Waals surface area contributed by atoms with E-state index in [9.17, 15) is 4.79 Å². The predicted octanol–water partition coefficient (Wildman–Crippen LogP) is -0.0419. The highest BCUT2D eigenvalue weighted by molar-refractivity contribution is 5.82. The van der Waals surface area contributed by atoms with E-state index in [1.54, 1.807) is 6.33 Å². The fourth-order valence-corrected chi connectivity index (χ4v) is 2.37. The number of piperidine rings is 1. The number of amides is 1. The van der Waals surface area contributed by atoms with Gasteiger partial charge in [-0.3, -0.25) is 4.79 Å². The van der Waals surface area contributed by atoms with Gasteiger partial charge in [0.1, 0.15) is 12.2 Å². The third kappa shape index (κ3) is 2.87. The van der Waals surface area contributed by atoms with Crippen LogP contribution in [0.4, 0.5) is 0 Å². The molecule has 1 atom stereocenters. The molecule has 18 heavy (non-hydrogen) atoms. The van der Waals surface area contributed by atoms with Gasteiger partial charge < -0.3 is 14.8 Å². The van der Waals surface area contributed by atoms with E-state index in [-0.39, 0.29) is 11.9 Å². The van der Waals surface area contributed by atoms with Gasteiger partial charge in [-0.15, -0.1) is 10.2 Å². The van der Waals surface area contributed by atoms with Gasteiger partial charge >= 0.3 is 0 Å². The van der Waals surface area contributed by atoms with E-state index < -0.39 is 0 Å². The molecule has 100 valence electrons. The first kappa shape index (κ1) is 13.0. The number of aryl methyl sites for hydroxylation is 1. The topological polar surface area (TPSA) is 63.0 Å². The van der Waals surface area contributed by atoms with Gasteiger partial charge in [0.05, 0.1) is 6.04 Å². The summed E-state index contributed by atoms with van der Waals surface area (Å²) in [6.07, 6.45) is 4.48. The first-order valence-corrected chi connectivity index (χ1v) is 6.57. The minimum Gasteiger partial charge on any atom is -0.341 e. The van der Waals surface area contributed by atoms with Crippen molar-refractivity contribution in [3.05, 3.63) is 12.2 Å².